The van der Waals surface area contributed by atoms with E-state index in [1.807, 2.05) is 0 Å². The van der Waals surface area contributed by atoms with Crippen LogP contribution in [0.2, 0.25) is 0 Å². The van der Waals surface area contributed by atoms with Crippen molar-refractivity contribution in [3.8, 4) is 0 Å². The van der Waals surface area contributed by atoms with Crippen molar-refractivity contribution in [2.75, 3.05) is 39.6 Å². The Kier molecular flexibility index (Phi) is 66.8. The summed E-state index contributed by atoms with van der Waals surface area (Å²) in [7, 11) is -9.92. The lowest BCUT2D eigenvalue weighted by atomic mass is 10.00. The van der Waals surface area contributed by atoms with Gasteiger partial charge >= 0.3 is 39.5 Å². The molecule has 3 unspecified atom stereocenters. The molecule has 582 valence electrons. The summed E-state index contributed by atoms with van der Waals surface area (Å²) in [5.74, 6) is 0.968. The predicted molar refractivity (Wildman–Crippen MR) is 400 cm³/mol. The average Bonchev–Trinajstić information content (AvgIpc) is 1.01. The lowest BCUT2D eigenvalue weighted by molar-refractivity contribution is -0.161. The second-order valence-corrected chi connectivity index (χ2v) is 33.0. The molecule has 0 rings (SSSR count). The lowest BCUT2D eigenvalue weighted by Gasteiger charge is -2.21. The zero-order chi connectivity index (χ0) is 72.4. The van der Waals surface area contributed by atoms with Gasteiger partial charge in [-0.1, -0.05) is 351 Å². The van der Waals surface area contributed by atoms with Gasteiger partial charge in [0.1, 0.15) is 19.3 Å². The van der Waals surface area contributed by atoms with E-state index >= 15 is 0 Å². The molecule has 0 radical (unpaired) electrons. The van der Waals surface area contributed by atoms with E-state index in [1.165, 1.54) is 199 Å². The highest BCUT2D eigenvalue weighted by Gasteiger charge is 2.30. The first-order valence-electron chi connectivity index (χ1n) is 40.7. The zero-order valence-electron chi connectivity index (χ0n) is 64.4. The third-order valence-electron chi connectivity index (χ3n) is 18.7. The van der Waals surface area contributed by atoms with Gasteiger partial charge in [0.2, 0.25) is 0 Å². The minimum Gasteiger partial charge on any atom is -0.462 e. The molecule has 0 aliphatic rings. The Bertz CT molecular complexity index is 1920. The summed E-state index contributed by atoms with van der Waals surface area (Å²) in [6, 6.07) is 0. The van der Waals surface area contributed by atoms with Crippen molar-refractivity contribution in [2.24, 2.45) is 23.7 Å². The zero-order valence-corrected chi connectivity index (χ0v) is 66.2. The Morgan fingerprint density at radius 2 is 0.490 bits per heavy atom. The quantitative estimate of drug-likeness (QED) is 0.0222. The Hall–Kier alpha value is -1.94. The first-order chi connectivity index (χ1) is 47.1. The molecule has 0 fully saturated rings. The number of unbranched alkanes of at least 4 members (excludes halogenated alkanes) is 41. The molecule has 0 amide bonds. The number of phosphoric acid groups is 2. The van der Waals surface area contributed by atoms with Gasteiger partial charge in [-0.3, -0.25) is 37.3 Å². The molecule has 0 saturated carbocycles. The molecule has 0 saturated heterocycles. The SMILES string of the molecule is CCC(C)CCCCCCCCC(=O)OC[C@H](COP(=O)(O)OC[C@H](O)COP(=O)(O)OC[C@@H](COC(=O)CCCCCCCCCCCCC(C)C)OC(=O)CCCCCCCCCCCCCCCCCCC(C)C)OC(=O)CCCCCCCCCCCCCCCC(C)C. The predicted octanol–water partition coefficient (Wildman–Crippen LogP) is 23.2. The van der Waals surface area contributed by atoms with Gasteiger partial charge in [0.15, 0.2) is 12.2 Å². The number of esters is 4. The Morgan fingerprint density at radius 3 is 0.724 bits per heavy atom. The average molecular weight is 1440 g/mol. The van der Waals surface area contributed by atoms with E-state index in [9.17, 15) is 43.2 Å². The highest BCUT2D eigenvalue weighted by Crippen LogP contribution is 2.45. The molecule has 0 aromatic heterocycles. The summed E-state index contributed by atoms with van der Waals surface area (Å²) in [6.45, 7) is 14.2. The Balaban J connectivity index is 5.24. The van der Waals surface area contributed by atoms with Crippen LogP contribution in [0.15, 0.2) is 0 Å². The molecule has 17 nitrogen and oxygen atoms in total. The number of carbonyl (C=O) groups is 4. The standard InChI is InChI=1S/C79H154O17P2/c1-9-72(8)58-50-42-37-38-44-52-60-77(82)90-66-75(96-79(84)62-54-46-36-30-22-18-14-16-20-26-32-40-48-56-70(4)5)68-94-98(87,88)92-64-73(80)63-91-97(85,86)93-67-74(65-89-76(81)59-51-43-34-28-24-23-27-33-41-49-57-71(6)7)95-78(83)61-53-45-35-29-21-17-13-11-10-12-15-19-25-31-39-47-55-69(2)3/h69-75,80H,9-68H2,1-8H3,(H,85,86)(H,87,88)/t72?,73-,74-,75-/m1/s1. The van der Waals surface area contributed by atoms with Crippen LogP contribution in [0.25, 0.3) is 0 Å². The maximum Gasteiger partial charge on any atom is 0.472 e. The van der Waals surface area contributed by atoms with Crippen LogP contribution in [0.4, 0.5) is 0 Å². The molecule has 0 aliphatic heterocycles. The van der Waals surface area contributed by atoms with E-state index in [4.69, 9.17) is 37.0 Å². The summed E-state index contributed by atoms with van der Waals surface area (Å²) in [5, 5.41) is 10.6. The smallest absolute Gasteiger partial charge is 0.462 e. The fourth-order valence-corrected chi connectivity index (χ4v) is 13.6. The van der Waals surface area contributed by atoms with Crippen LogP contribution >= 0.6 is 15.6 Å². The number of phosphoric ester groups is 2. The van der Waals surface area contributed by atoms with Crippen molar-refractivity contribution in [3.05, 3.63) is 0 Å². The topological polar surface area (TPSA) is 237 Å². The third-order valence-corrected chi connectivity index (χ3v) is 20.6. The molecule has 3 N–H and O–H groups in total. The van der Waals surface area contributed by atoms with Crippen molar-refractivity contribution in [2.45, 2.75) is 420 Å². The largest absolute Gasteiger partial charge is 0.472 e. The van der Waals surface area contributed by atoms with E-state index in [0.717, 1.165) is 120 Å². The van der Waals surface area contributed by atoms with Crippen LogP contribution in [-0.2, 0) is 65.4 Å². The Morgan fingerprint density at radius 1 is 0.286 bits per heavy atom. The van der Waals surface area contributed by atoms with Gasteiger partial charge in [0.25, 0.3) is 0 Å². The van der Waals surface area contributed by atoms with Gasteiger partial charge < -0.3 is 33.8 Å². The van der Waals surface area contributed by atoms with E-state index < -0.39 is 97.5 Å². The highest BCUT2D eigenvalue weighted by atomic mass is 31.2. The van der Waals surface area contributed by atoms with Crippen molar-refractivity contribution in [1.82, 2.24) is 0 Å². The molecule has 0 aliphatic carbocycles. The molecule has 0 spiro atoms. The third kappa shape index (κ3) is 71.1. The van der Waals surface area contributed by atoms with Crippen molar-refractivity contribution in [1.29, 1.82) is 0 Å². The highest BCUT2D eigenvalue weighted by molar-refractivity contribution is 7.47. The monoisotopic (exact) mass is 1440 g/mol. The van der Waals surface area contributed by atoms with E-state index in [0.29, 0.717) is 25.7 Å². The maximum absolute atomic E-state index is 13.1. The molecule has 0 aromatic rings. The van der Waals surface area contributed by atoms with E-state index in [1.54, 1.807) is 0 Å². The second kappa shape index (κ2) is 68.2. The minimum absolute atomic E-state index is 0.106. The van der Waals surface area contributed by atoms with Gasteiger partial charge in [0, 0.05) is 25.7 Å². The van der Waals surface area contributed by atoms with Crippen molar-refractivity contribution >= 4 is 39.5 Å². The summed E-state index contributed by atoms with van der Waals surface area (Å²) in [6.07, 6.45) is 54.1. The number of rotatable bonds is 76. The molecule has 0 aromatic carbocycles. The summed E-state index contributed by atoms with van der Waals surface area (Å²) >= 11 is 0. The van der Waals surface area contributed by atoms with Crippen LogP contribution in [0, 0.1) is 23.7 Å². The minimum atomic E-state index is -4.96. The Labute approximate surface area is 600 Å². The number of aliphatic hydroxyl groups excluding tert-OH is 1. The van der Waals surface area contributed by atoms with Crippen molar-refractivity contribution in [3.63, 3.8) is 0 Å². The fraction of sp³-hybridized carbons (Fsp3) is 0.949. The van der Waals surface area contributed by atoms with Crippen LogP contribution in [0.1, 0.15) is 402 Å². The first kappa shape index (κ1) is 96.1. The number of aliphatic hydroxyl groups is 1. The van der Waals surface area contributed by atoms with Gasteiger partial charge in [0.05, 0.1) is 26.4 Å². The summed E-state index contributed by atoms with van der Waals surface area (Å²) in [4.78, 5) is 72.9. The summed E-state index contributed by atoms with van der Waals surface area (Å²) < 4.78 is 68.6. The summed E-state index contributed by atoms with van der Waals surface area (Å²) in [5.41, 5.74) is 0. The maximum atomic E-state index is 13.1. The van der Waals surface area contributed by atoms with Crippen LogP contribution in [0.3, 0.4) is 0 Å². The molecule has 0 bridgehead atoms. The number of hydrogen-bond donors (Lipinski definition) is 3. The second-order valence-electron chi connectivity index (χ2n) is 30.1. The van der Waals surface area contributed by atoms with Gasteiger partial charge in [-0.2, -0.15) is 0 Å². The van der Waals surface area contributed by atoms with Gasteiger partial charge in [-0.25, -0.2) is 9.13 Å². The molecule has 19 heteroatoms. The van der Waals surface area contributed by atoms with E-state index in [-0.39, 0.29) is 25.7 Å². The van der Waals surface area contributed by atoms with Gasteiger partial charge in [-0.15, -0.1) is 0 Å². The van der Waals surface area contributed by atoms with Crippen LogP contribution in [-0.4, -0.2) is 96.7 Å². The molecule has 0 heterocycles. The molecular formula is C79H154O17P2. The molecular weight excluding hydrogens is 1280 g/mol. The first-order valence-corrected chi connectivity index (χ1v) is 43.7. The van der Waals surface area contributed by atoms with Crippen LogP contribution < -0.4 is 0 Å². The number of carbonyl (C=O) groups excluding carboxylic acids is 4. The molecule has 98 heavy (non-hydrogen) atoms. The van der Waals surface area contributed by atoms with E-state index in [2.05, 4.69) is 55.4 Å². The number of hydrogen-bond acceptors (Lipinski definition) is 15. The van der Waals surface area contributed by atoms with Crippen molar-refractivity contribution < 1.29 is 80.2 Å². The van der Waals surface area contributed by atoms with Crippen LogP contribution in [0.5, 0.6) is 0 Å². The van der Waals surface area contributed by atoms with Gasteiger partial charge in [-0.05, 0) is 49.4 Å². The lowest BCUT2D eigenvalue weighted by Crippen LogP contribution is -2.30. The fourth-order valence-electron chi connectivity index (χ4n) is 12.0. The number of ether oxygens (including phenoxy) is 4. The normalized spacial score (nSPS) is 14.3. The molecule has 6 atom stereocenters.